The molecule has 0 bridgehead atoms. The van der Waals surface area contributed by atoms with Crippen LogP contribution in [-0.2, 0) is 11.3 Å². The van der Waals surface area contributed by atoms with Gasteiger partial charge in [-0.05, 0) is 36.8 Å². The van der Waals surface area contributed by atoms with E-state index in [9.17, 15) is 13.6 Å². The van der Waals surface area contributed by atoms with Gasteiger partial charge in [0.15, 0.2) is 11.5 Å². The van der Waals surface area contributed by atoms with Gasteiger partial charge in [-0.1, -0.05) is 12.1 Å². The van der Waals surface area contributed by atoms with Gasteiger partial charge < -0.3 is 14.8 Å². The SMILES string of the molecule is C[C@H]1Oc2ccccc2O[C@@H]1C(=O)NCc1cc(F)cc(F)c1. The fourth-order valence-electron chi connectivity index (χ4n) is 2.41. The van der Waals surface area contributed by atoms with Crippen molar-refractivity contribution in [2.45, 2.75) is 25.7 Å². The predicted octanol–water partition coefficient (Wildman–Crippen LogP) is 2.81. The zero-order valence-corrected chi connectivity index (χ0v) is 12.4. The Balaban J connectivity index is 1.66. The van der Waals surface area contributed by atoms with Gasteiger partial charge in [-0.15, -0.1) is 0 Å². The summed E-state index contributed by atoms with van der Waals surface area (Å²) in [6, 6.07) is 10.2. The smallest absolute Gasteiger partial charge is 0.265 e. The van der Waals surface area contributed by atoms with Crippen molar-refractivity contribution in [3.8, 4) is 11.5 Å². The van der Waals surface area contributed by atoms with Crippen LogP contribution in [0.3, 0.4) is 0 Å². The Labute approximate surface area is 132 Å². The lowest BCUT2D eigenvalue weighted by atomic mass is 10.1. The average molecular weight is 319 g/mol. The van der Waals surface area contributed by atoms with Crippen LogP contribution in [0.25, 0.3) is 0 Å². The third-order valence-electron chi connectivity index (χ3n) is 3.49. The lowest BCUT2D eigenvalue weighted by molar-refractivity contribution is -0.133. The molecule has 6 heteroatoms. The Morgan fingerprint density at radius 2 is 1.70 bits per heavy atom. The monoisotopic (exact) mass is 319 g/mol. The number of fused-ring (bicyclic) bond motifs is 1. The standard InChI is InChI=1S/C17H15F2NO3/c1-10-16(23-15-5-3-2-4-14(15)22-10)17(21)20-9-11-6-12(18)8-13(19)7-11/h2-8,10,16H,9H2,1H3,(H,20,21)/t10-,16+/m1/s1. The van der Waals surface area contributed by atoms with E-state index >= 15 is 0 Å². The first-order valence-corrected chi connectivity index (χ1v) is 7.18. The van der Waals surface area contributed by atoms with Crippen molar-refractivity contribution >= 4 is 5.91 Å². The fourth-order valence-corrected chi connectivity index (χ4v) is 2.41. The molecule has 2 atom stereocenters. The molecule has 0 unspecified atom stereocenters. The Hall–Kier alpha value is -2.63. The number of rotatable bonds is 3. The van der Waals surface area contributed by atoms with E-state index in [0.29, 0.717) is 17.1 Å². The summed E-state index contributed by atoms with van der Waals surface area (Å²) in [5.74, 6) is -0.710. The minimum absolute atomic E-state index is 0.00173. The first-order valence-electron chi connectivity index (χ1n) is 7.18. The molecule has 1 N–H and O–H groups in total. The molecule has 23 heavy (non-hydrogen) atoms. The van der Waals surface area contributed by atoms with E-state index in [2.05, 4.69) is 5.32 Å². The normalized spacial score (nSPS) is 19.3. The molecule has 1 amide bonds. The molecule has 1 aliphatic rings. The maximum absolute atomic E-state index is 13.1. The van der Waals surface area contributed by atoms with Gasteiger partial charge in [0.25, 0.3) is 5.91 Å². The van der Waals surface area contributed by atoms with Gasteiger partial charge in [0, 0.05) is 12.6 Å². The number of ether oxygens (including phenoxy) is 2. The topological polar surface area (TPSA) is 47.6 Å². The zero-order chi connectivity index (χ0) is 16.4. The molecule has 2 aromatic carbocycles. The molecule has 3 rings (SSSR count). The van der Waals surface area contributed by atoms with Crippen molar-refractivity contribution < 1.29 is 23.0 Å². The van der Waals surface area contributed by atoms with Crippen LogP contribution in [0.1, 0.15) is 12.5 Å². The maximum atomic E-state index is 13.1. The highest BCUT2D eigenvalue weighted by Crippen LogP contribution is 2.33. The molecule has 0 saturated carbocycles. The molecular formula is C17H15F2NO3. The lowest BCUT2D eigenvalue weighted by Crippen LogP contribution is -2.48. The second kappa shape index (κ2) is 6.24. The molecule has 4 nitrogen and oxygen atoms in total. The van der Waals surface area contributed by atoms with E-state index in [1.54, 1.807) is 25.1 Å². The number of amides is 1. The fraction of sp³-hybridized carbons (Fsp3) is 0.235. The molecule has 0 aromatic heterocycles. The third-order valence-corrected chi connectivity index (χ3v) is 3.49. The van der Waals surface area contributed by atoms with Crippen molar-refractivity contribution in [3.05, 3.63) is 59.7 Å². The number of carbonyl (C=O) groups is 1. The van der Waals surface area contributed by atoms with Gasteiger partial charge >= 0.3 is 0 Å². The number of nitrogens with one attached hydrogen (secondary N) is 1. The summed E-state index contributed by atoms with van der Waals surface area (Å²) in [4.78, 5) is 12.3. The summed E-state index contributed by atoms with van der Waals surface area (Å²) >= 11 is 0. The van der Waals surface area contributed by atoms with Crippen molar-refractivity contribution in [1.29, 1.82) is 0 Å². The van der Waals surface area contributed by atoms with Gasteiger partial charge in [0.05, 0.1) is 0 Å². The molecule has 0 radical (unpaired) electrons. The van der Waals surface area contributed by atoms with Crippen LogP contribution in [0.4, 0.5) is 8.78 Å². The minimum Gasteiger partial charge on any atom is -0.482 e. The summed E-state index contributed by atoms with van der Waals surface area (Å²) in [7, 11) is 0. The van der Waals surface area contributed by atoms with Crippen molar-refractivity contribution in [2.75, 3.05) is 0 Å². The zero-order valence-electron chi connectivity index (χ0n) is 12.4. The number of halogens is 2. The van der Waals surface area contributed by atoms with Gasteiger partial charge in [0.2, 0.25) is 6.10 Å². The van der Waals surface area contributed by atoms with Gasteiger partial charge in [0.1, 0.15) is 17.7 Å². The number of hydrogen-bond acceptors (Lipinski definition) is 3. The molecule has 0 spiro atoms. The van der Waals surface area contributed by atoms with Crippen LogP contribution in [0.5, 0.6) is 11.5 Å². The third kappa shape index (κ3) is 3.41. The van der Waals surface area contributed by atoms with Crippen LogP contribution in [0.15, 0.2) is 42.5 Å². The summed E-state index contributed by atoms with van der Waals surface area (Å²) in [5, 5.41) is 2.61. The molecule has 0 aliphatic carbocycles. The number of benzene rings is 2. The molecule has 1 heterocycles. The summed E-state index contributed by atoms with van der Waals surface area (Å²) in [5.41, 5.74) is 0.334. The van der Waals surface area contributed by atoms with E-state index in [-0.39, 0.29) is 6.54 Å². The quantitative estimate of drug-likeness (QED) is 0.946. The van der Waals surface area contributed by atoms with Crippen LogP contribution < -0.4 is 14.8 Å². The minimum atomic E-state index is -0.830. The Bertz CT molecular complexity index is 715. The van der Waals surface area contributed by atoms with Crippen molar-refractivity contribution in [1.82, 2.24) is 5.32 Å². The lowest BCUT2D eigenvalue weighted by Gasteiger charge is -2.31. The van der Waals surface area contributed by atoms with E-state index < -0.39 is 29.7 Å². The van der Waals surface area contributed by atoms with E-state index in [0.717, 1.165) is 6.07 Å². The number of hydrogen-bond donors (Lipinski definition) is 1. The molecule has 120 valence electrons. The Morgan fingerprint density at radius 3 is 2.35 bits per heavy atom. The molecular weight excluding hydrogens is 304 g/mol. The first-order chi connectivity index (χ1) is 11.0. The number of para-hydroxylation sites is 2. The van der Waals surface area contributed by atoms with Crippen LogP contribution >= 0.6 is 0 Å². The van der Waals surface area contributed by atoms with Crippen LogP contribution in [0, 0.1) is 11.6 Å². The van der Waals surface area contributed by atoms with E-state index in [4.69, 9.17) is 9.47 Å². The largest absolute Gasteiger partial charge is 0.482 e. The summed E-state index contributed by atoms with van der Waals surface area (Å²) < 4.78 is 37.6. The second-order valence-electron chi connectivity index (χ2n) is 5.30. The Kier molecular flexibility index (Phi) is 4.14. The van der Waals surface area contributed by atoms with E-state index in [1.807, 2.05) is 6.07 Å². The first kappa shape index (κ1) is 15.3. The summed E-state index contributed by atoms with van der Waals surface area (Å²) in [6.07, 6.45) is -1.31. The van der Waals surface area contributed by atoms with E-state index in [1.165, 1.54) is 12.1 Å². The van der Waals surface area contributed by atoms with Gasteiger partial charge in [-0.2, -0.15) is 0 Å². The Morgan fingerprint density at radius 1 is 1.09 bits per heavy atom. The van der Waals surface area contributed by atoms with Crippen LogP contribution in [0.2, 0.25) is 0 Å². The predicted molar refractivity (Wildman–Crippen MR) is 79.2 cm³/mol. The second-order valence-corrected chi connectivity index (χ2v) is 5.30. The molecule has 0 fully saturated rings. The average Bonchev–Trinajstić information content (AvgIpc) is 2.51. The van der Waals surface area contributed by atoms with Crippen LogP contribution in [-0.4, -0.2) is 18.1 Å². The highest BCUT2D eigenvalue weighted by Gasteiger charge is 2.33. The molecule has 0 saturated heterocycles. The van der Waals surface area contributed by atoms with Gasteiger partial charge in [-0.3, -0.25) is 4.79 Å². The summed E-state index contributed by atoms with van der Waals surface area (Å²) in [6.45, 7) is 1.73. The van der Waals surface area contributed by atoms with Crippen molar-refractivity contribution in [2.24, 2.45) is 0 Å². The highest BCUT2D eigenvalue weighted by molar-refractivity contribution is 5.82. The van der Waals surface area contributed by atoms with Gasteiger partial charge in [-0.25, -0.2) is 8.78 Å². The van der Waals surface area contributed by atoms with Crippen molar-refractivity contribution in [3.63, 3.8) is 0 Å². The highest BCUT2D eigenvalue weighted by atomic mass is 19.1. The number of carbonyl (C=O) groups excluding carboxylic acids is 1. The maximum Gasteiger partial charge on any atom is 0.265 e. The molecule has 2 aromatic rings. The molecule has 1 aliphatic heterocycles.